The SMILES string of the molecule is COc1ccc(C)c2sc(N(CCCN(C)C)C(=O)c3ccc(F)cc3F)nc12.Cl. The van der Waals surface area contributed by atoms with Crippen molar-refractivity contribution in [3.63, 3.8) is 0 Å². The predicted molar refractivity (Wildman–Crippen MR) is 119 cm³/mol. The van der Waals surface area contributed by atoms with Crippen molar-refractivity contribution in [1.29, 1.82) is 0 Å². The maximum absolute atomic E-state index is 14.3. The summed E-state index contributed by atoms with van der Waals surface area (Å²) in [7, 11) is 5.45. The molecule has 0 saturated heterocycles. The summed E-state index contributed by atoms with van der Waals surface area (Å²) in [5.41, 5.74) is 1.50. The molecule has 0 fully saturated rings. The van der Waals surface area contributed by atoms with Crippen molar-refractivity contribution in [2.75, 3.05) is 39.2 Å². The summed E-state index contributed by atoms with van der Waals surface area (Å²) in [5.74, 6) is -1.54. The Hall–Kier alpha value is -2.29. The van der Waals surface area contributed by atoms with Gasteiger partial charge in [-0.15, -0.1) is 12.4 Å². The Morgan fingerprint density at radius 1 is 1.17 bits per heavy atom. The molecule has 0 aliphatic heterocycles. The molecule has 0 unspecified atom stereocenters. The summed E-state index contributed by atoms with van der Waals surface area (Å²) in [6.45, 7) is 3.07. The fourth-order valence-corrected chi connectivity index (χ4v) is 4.09. The van der Waals surface area contributed by atoms with Gasteiger partial charge in [-0.3, -0.25) is 9.69 Å². The van der Waals surface area contributed by atoms with Gasteiger partial charge in [-0.25, -0.2) is 13.8 Å². The molecule has 30 heavy (non-hydrogen) atoms. The minimum absolute atomic E-state index is 0. The zero-order valence-corrected chi connectivity index (χ0v) is 18.9. The zero-order chi connectivity index (χ0) is 21.1. The second kappa shape index (κ2) is 10.1. The van der Waals surface area contributed by atoms with Crippen LogP contribution in [0.2, 0.25) is 0 Å². The number of fused-ring (bicyclic) bond motifs is 1. The number of amides is 1. The number of thiazole rings is 1. The predicted octanol–water partition coefficient (Wildman–Crippen LogP) is 4.91. The van der Waals surface area contributed by atoms with Crippen LogP contribution in [0.3, 0.4) is 0 Å². The van der Waals surface area contributed by atoms with E-state index in [9.17, 15) is 13.6 Å². The first kappa shape index (κ1) is 24.0. The summed E-state index contributed by atoms with van der Waals surface area (Å²) in [6, 6.07) is 6.74. The number of nitrogens with zero attached hydrogens (tertiary/aromatic N) is 3. The summed E-state index contributed by atoms with van der Waals surface area (Å²) in [5, 5.41) is 0.458. The standard InChI is InChI=1S/C21H23F2N3O2S.ClH/c1-13-6-9-17(28-4)18-19(13)29-21(24-18)26(11-5-10-25(2)3)20(27)15-8-7-14(22)12-16(15)23;/h6-9,12H,5,10-11H2,1-4H3;1H. The Morgan fingerprint density at radius 2 is 1.90 bits per heavy atom. The minimum Gasteiger partial charge on any atom is -0.494 e. The summed E-state index contributed by atoms with van der Waals surface area (Å²) in [4.78, 5) is 21.2. The highest BCUT2D eigenvalue weighted by molar-refractivity contribution is 7.22. The van der Waals surface area contributed by atoms with E-state index in [0.29, 0.717) is 29.4 Å². The second-order valence-electron chi connectivity index (χ2n) is 7.00. The third-order valence-electron chi connectivity index (χ3n) is 4.54. The summed E-state index contributed by atoms with van der Waals surface area (Å²) < 4.78 is 33.9. The molecule has 0 bridgehead atoms. The number of hydrogen-bond acceptors (Lipinski definition) is 5. The van der Waals surface area contributed by atoms with Gasteiger partial charge in [0, 0.05) is 12.6 Å². The lowest BCUT2D eigenvalue weighted by Crippen LogP contribution is -2.34. The van der Waals surface area contributed by atoms with Crippen LogP contribution in [0.15, 0.2) is 30.3 Å². The lowest BCUT2D eigenvalue weighted by molar-refractivity contribution is 0.0982. The highest BCUT2D eigenvalue weighted by atomic mass is 35.5. The van der Waals surface area contributed by atoms with Crippen LogP contribution in [-0.2, 0) is 0 Å². The molecule has 3 aromatic rings. The van der Waals surface area contributed by atoms with Gasteiger partial charge in [0.15, 0.2) is 5.13 Å². The third-order valence-corrected chi connectivity index (χ3v) is 5.75. The normalized spacial score (nSPS) is 10.9. The van der Waals surface area contributed by atoms with Crippen LogP contribution < -0.4 is 9.64 Å². The Morgan fingerprint density at radius 3 is 2.53 bits per heavy atom. The molecule has 0 aliphatic carbocycles. The quantitative estimate of drug-likeness (QED) is 0.507. The van der Waals surface area contributed by atoms with E-state index in [-0.39, 0.29) is 18.0 Å². The van der Waals surface area contributed by atoms with Crippen LogP contribution in [0.1, 0.15) is 22.3 Å². The van der Waals surface area contributed by atoms with Crippen molar-refractivity contribution in [3.05, 3.63) is 53.1 Å². The number of halogens is 3. The van der Waals surface area contributed by atoms with E-state index >= 15 is 0 Å². The summed E-state index contributed by atoms with van der Waals surface area (Å²) in [6.07, 6.45) is 0.674. The molecule has 1 aromatic heterocycles. The Kier molecular flexibility index (Phi) is 8.11. The maximum atomic E-state index is 14.3. The van der Waals surface area contributed by atoms with Gasteiger partial charge in [-0.2, -0.15) is 0 Å². The molecule has 2 aromatic carbocycles. The van der Waals surface area contributed by atoms with E-state index in [1.165, 1.54) is 22.3 Å². The fourth-order valence-electron chi connectivity index (χ4n) is 3.02. The van der Waals surface area contributed by atoms with Gasteiger partial charge in [0.05, 0.1) is 17.4 Å². The van der Waals surface area contributed by atoms with Gasteiger partial charge in [-0.05, 0) is 57.7 Å². The van der Waals surface area contributed by atoms with Crippen molar-refractivity contribution in [1.82, 2.24) is 9.88 Å². The van der Waals surface area contributed by atoms with Crippen molar-refractivity contribution < 1.29 is 18.3 Å². The Balaban J connectivity index is 0.00000320. The monoisotopic (exact) mass is 455 g/mol. The maximum Gasteiger partial charge on any atom is 0.263 e. The number of aryl methyl sites for hydroxylation is 1. The van der Waals surface area contributed by atoms with Gasteiger partial charge in [0.25, 0.3) is 5.91 Å². The molecule has 3 rings (SSSR count). The molecule has 1 heterocycles. The van der Waals surface area contributed by atoms with E-state index < -0.39 is 17.5 Å². The first-order valence-corrected chi connectivity index (χ1v) is 9.99. The first-order valence-electron chi connectivity index (χ1n) is 9.17. The number of ether oxygens (including phenoxy) is 1. The van der Waals surface area contributed by atoms with Crippen molar-refractivity contribution in [2.45, 2.75) is 13.3 Å². The molecule has 162 valence electrons. The van der Waals surface area contributed by atoms with Crippen LogP contribution in [0.4, 0.5) is 13.9 Å². The number of aromatic nitrogens is 1. The first-order chi connectivity index (χ1) is 13.8. The zero-order valence-electron chi connectivity index (χ0n) is 17.2. The van der Waals surface area contributed by atoms with Gasteiger partial charge in [-0.1, -0.05) is 17.4 Å². The molecular weight excluding hydrogens is 432 g/mol. The molecule has 9 heteroatoms. The number of methoxy groups -OCH3 is 1. The second-order valence-corrected chi connectivity index (χ2v) is 7.97. The average molecular weight is 456 g/mol. The van der Waals surface area contributed by atoms with Crippen LogP contribution in [0.5, 0.6) is 5.75 Å². The largest absolute Gasteiger partial charge is 0.494 e. The van der Waals surface area contributed by atoms with E-state index in [0.717, 1.165) is 28.9 Å². The van der Waals surface area contributed by atoms with E-state index in [1.54, 1.807) is 7.11 Å². The lowest BCUT2D eigenvalue weighted by atomic mass is 10.1. The molecule has 0 aliphatic rings. The van der Waals surface area contributed by atoms with E-state index in [4.69, 9.17) is 4.74 Å². The lowest BCUT2D eigenvalue weighted by Gasteiger charge is -2.21. The average Bonchev–Trinajstić information content (AvgIpc) is 3.11. The number of carbonyl (C=O) groups excluding carboxylic acids is 1. The highest BCUT2D eigenvalue weighted by Gasteiger charge is 2.25. The van der Waals surface area contributed by atoms with Crippen LogP contribution >= 0.6 is 23.7 Å². The van der Waals surface area contributed by atoms with E-state index in [1.807, 2.05) is 38.1 Å². The smallest absolute Gasteiger partial charge is 0.263 e. The van der Waals surface area contributed by atoms with Crippen LogP contribution in [0.25, 0.3) is 10.2 Å². The van der Waals surface area contributed by atoms with Crippen molar-refractivity contribution in [3.8, 4) is 5.75 Å². The molecule has 0 saturated carbocycles. The minimum atomic E-state index is -0.887. The molecule has 0 N–H and O–H groups in total. The molecule has 1 amide bonds. The van der Waals surface area contributed by atoms with Crippen molar-refractivity contribution in [2.24, 2.45) is 0 Å². The van der Waals surface area contributed by atoms with Gasteiger partial charge in [0.1, 0.15) is 22.9 Å². The highest BCUT2D eigenvalue weighted by Crippen LogP contribution is 2.37. The number of hydrogen-bond donors (Lipinski definition) is 0. The molecule has 0 spiro atoms. The number of rotatable bonds is 7. The molecule has 0 radical (unpaired) electrons. The fraction of sp³-hybridized carbons (Fsp3) is 0.333. The Labute approximate surface area is 184 Å². The van der Waals surface area contributed by atoms with Crippen LogP contribution in [0, 0.1) is 18.6 Å². The third kappa shape index (κ3) is 5.06. The Bertz CT molecular complexity index is 1040. The molecule has 5 nitrogen and oxygen atoms in total. The van der Waals surface area contributed by atoms with Gasteiger partial charge in [0.2, 0.25) is 0 Å². The number of benzene rings is 2. The van der Waals surface area contributed by atoms with Gasteiger partial charge >= 0.3 is 0 Å². The molecular formula is C21H24ClF2N3O2S. The summed E-state index contributed by atoms with van der Waals surface area (Å²) >= 11 is 1.36. The van der Waals surface area contributed by atoms with Gasteiger partial charge < -0.3 is 9.64 Å². The molecule has 0 atom stereocenters. The van der Waals surface area contributed by atoms with Crippen LogP contribution in [-0.4, -0.2) is 50.1 Å². The van der Waals surface area contributed by atoms with E-state index in [2.05, 4.69) is 4.98 Å². The van der Waals surface area contributed by atoms with Crippen molar-refractivity contribution >= 4 is 45.0 Å². The number of anilines is 1. The number of carbonyl (C=O) groups is 1. The topological polar surface area (TPSA) is 45.7 Å².